The molecule has 0 saturated carbocycles. The van der Waals surface area contributed by atoms with Gasteiger partial charge in [0.05, 0.1) is 5.69 Å². The summed E-state index contributed by atoms with van der Waals surface area (Å²) in [6.45, 7) is 5.95. The van der Waals surface area contributed by atoms with E-state index >= 15 is 0 Å². The van der Waals surface area contributed by atoms with Crippen LogP contribution in [0, 0.1) is 0 Å². The molecule has 0 amide bonds. The van der Waals surface area contributed by atoms with Gasteiger partial charge in [-0.15, -0.1) is 0 Å². The maximum atomic E-state index is 5.98. The number of anilines is 1. The molecule has 5 N–H and O–H groups in total. The minimum absolute atomic E-state index is 0.777. The fourth-order valence-electron chi connectivity index (χ4n) is 2.07. The van der Waals surface area contributed by atoms with Crippen molar-refractivity contribution in [2.24, 2.45) is 11.6 Å². The van der Waals surface area contributed by atoms with Gasteiger partial charge in [0.25, 0.3) is 0 Å². The van der Waals surface area contributed by atoms with E-state index in [2.05, 4.69) is 24.4 Å². The third-order valence-electron chi connectivity index (χ3n) is 3.15. The van der Waals surface area contributed by atoms with E-state index in [9.17, 15) is 0 Å². The summed E-state index contributed by atoms with van der Waals surface area (Å²) >= 11 is 0. The molecule has 0 heterocycles. The number of allylic oxidation sites excluding steroid dienone is 4. The van der Waals surface area contributed by atoms with Gasteiger partial charge in [-0.2, -0.15) is 0 Å². The monoisotopic (exact) mass is 286 g/mol. The first-order valence-electron chi connectivity index (χ1n) is 7.15. The number of hydrogen-bond acceptors (Lipinski definition) is 4. The lowest BCUT2D eigenvalue weighted by atomic mass is 10.0. The van der Waals surface area contributed by atoms with E-state index < -0.39 is 0 Å². The molecule has 0 aliphatic heterocycles. The molecule has 1 rings (SSSR count). The quantitative estimate of drug-likeness (QED) is 0.427. The van der Waals surface area contributed by atoms with Crippen molar-refractivity contribution in [2.45, 2.75) is 27.2 Å². The summed E-state index contributed by atoms with van der Waals surface area (Å²) in [5.74, 6) is 5.98. The minimum Gasteiger partial charge on any atom is -0.402 e. The predicted molar refractivity (Wildman–Crippen MR) is 92.3 cm³/mol. The molecule has 4 heteroatoms. The Hall–Kier alpha value is -2.20. The molecule has 1 aromatic carbocycles. The second-order valence-corrected chi connectivity index (χ2v) is 4.83. The Kier molecular flexibility index (Phi) is 6.56. The van der Waals surface area contributed by atoms with Crippen LogP contribution in [0.4, 0.5) is 5.69 Å². The molecule has 0 bridgehead atoms. The maximum Gasteiger partial charge on any atom is 0.0571 e. The van der Waals surface area contributed by atoms with Gasteiger partial charge in [-0.05, 0) is 50.1 Å². The van der Waals surface area contributed by atoms with E-state index in [4.69, 9.17) is 11.6 Å². The molecule has 0 atom stereocenters. The van der Waals surface area contributed by atoms with E-state index in [0.29, 0.717) is 0 Å². The van der Waals surface area contributed by atoms with Crippen molar-refractivity contribution >= 4 is 11.4 Å². The van der Waals surface area contributed by atoms with Crippen LogP contribution in [-0.2, 0) is 6.42 Å². The van der Waals surface area contributed by atoms with Crippen molar-refractivity contribution in [2.75, 3.05) is 12.1 Å². The van der Waals surface area contributed by atoms with Crippen LogP contribution in [0.15, 0.2) is 48.3 Å². The predicted octanol–water partition coefficient (Wildman–Crippen LogP) is 2.89. The number of hydrogen-bond donors (Lipinski definition) is 3. The molecule has 21 heavy (non-hydrogen) atoms. The van der Waals surface area contributed by atoms with E-state index in [1.165, 1.54) is 5.56 Å². The van der Waals surface area contributed by atoms with Crippen LogP contribution in [-0.4, -0.2) is 7.05 Å². The smallest absolute Gasteiger partial charge is 0.0571 e. The second-order valence-electron chi connectivity index (χ2n) is 4.83. The fraction of sp³-hybridized carbons (Fsp3) is 0.294. The number of nitrogens with zero attached hydrogens (tertiary/aromatic N) is 1. The van der Waals surface area contributed by atoms with Crippen molar-refractivity contribution in [3.05, 3.63) is 59.5 Å². The molecule has 0 aliphatic carbocycles. The van der Waals surface area contributed by atoms with Gasteiger partial charge in [-0.1, -0.05) is 19.1 Å². The molecule has 1 aromatic rings. The highest BCUT2D eigenvalue weighted by Crippen LogP contribution is 2.23. The van der Waals surface area contributed by atoms with E-state index in [1.807, 2.05) is 51.4 Å². The molecular weight excluding hydrogens is 260 g/mol. The lowest BCUT2D eigenvalue weighted by Crippen LogP contribution is -2.24. The summed E-state index contributed by atoms with van der Waals surface area (Å²) in [5.41, 5.74) is 10.9. The van der Waals surface area contributed by atoms with Crippen LogP contribution in [0.2, 0.25) is 0 Å². The summed E-state index contributed by atoms with van der Waals surface area (Å²) in [6.07, 6.45) is 8.57. The molecule has 4 nitrogen and oxygen atoms in total. The lowest BCUT2D eigenvalue weighted by Gasteiger charge is -2.18. The van der Waals surface area contributed by atoms with Crippen molar-refractivity contribution in [1.82, 2.24) is 5.32 Å². The first kappa shape index (κ1) is 16.9. The third kappa shape index (κ3) is 4.68. The van der Waals surface area contributed by atoms with Gasteiger partial charge in [0.15, 0.2) is 0 Å². The highest BCUT2D eigenvalue weighted by molar-refractivity contribution is 5.70. The second kappa shape index (κ2) is 8.17. The lowest BCUT2D eigenvalue weighted by molar-refractivity contribution is 1.04. The summed E-state index contributed by atoms with van der Waals surface area (Å²) in [5, 5.41) is 4.85. The molecule has 0 radical (unpaired) electrons. The fourth-order valence-corrected chi connectivity index (χ4v) is 2.07. The Morgan fingerprint density at radius 1 is 1.33 bits per heavy atom. The molecule has 0 saturated heterocycles. The summed E-state index contributed by atoms with van der Waals surface area (Å²) in [4.78, 5) is 0. The average molecular weight is 286 g/mol. The Bertz CT molecular complexity index is 552. The molecule has 0 fully saturated rings. The number of nitrogens with one attached hydrogen (secondary N) is 1. The largest absolute Gasteiger partial charge is 0.402 e. The van der Waals surface area contributed by atoms with Crippen molar-refractivity contribution in [3.63, 3.8) is 0 Å². The summed E-state index contributed by atoms with van der Waals surface area (Å²) in [7, 11) is 1.91. The number of hydrazine groups is 1. The Labute approximate surface area is 127 Å². The SMILES string of the molecule is C/C=C\N(N)c1ccc(/C(=C/C=C(/C)N)NC)c(CC)c1. The molecule has 114 valence electrons. The number of rotatable bonds is 6. The average Bonchev–Trinajstić information content (AvgIpc) is 2.47. The Balaban J connectivity index is 3.25. The molecule has 0 aliphatic rings. The van der Waals surface area contributed by atoms with Crippen molar-refractivity contribution in [3.8, 4) is 0 Å². The number of benzene rings is 1. The zero-order valence-corrected chi connectivity index (χ0v) is 13.4. The normalized spacial score (nSPS) is 12.8. The Morgan fingerprint density at radius 2 is 2.05 bits per heavy atom. The molecular formula is C17H26N4. The van der Waals surface area contributed by atoms with Gasteiger partial charge < -0.3 is 11.1 Å². The van der Waals surface area contributed by atoms with Crippen molar-refractivity contribution < 1.29 is 0 Å². The molecule has 0 unspecified atom stereocenters. The van der Waals surface area contributed by atoms with Crippen LogP contribution in [0.5, 0.6) is 0 Å². The van der Waals surface area contributed by atoms with Crippen LogP contribution in [0.3, 0.4) is 0 Å². The highest BCUT2D eigenvalue weighted by atomic mass is 15.4. The third-order valence-corrected chi connectivity index (χ3v) is 3.15. The van der Waals surface area contributed by atoms with E-state index in [0.717, 1.165) is 29.1 Å². The maximum absolute atomic E-state index is 5.98. The van der Waals surface area contributed by atoms with Crippen molar-refractivity contribution in [1.29, 1.82) is 0 Å². The van der Waals surface area contributed by atoms with Gasteiger partial charge in [-0.25, -0.2) is 5.84 Å². The van der Waals surface area contributed by atoms with Gasteiger partial charge in [0, 0.05) is 30.2 Å². The van der Waals surface area contributed by atoms with Crippen LogP contribution < -0.4 is 21.9 Å². The topological polar surface area (TPSA) is 67.3 Å². The van der Waals surface area contributed by atoms with Crippen LogP contribution >= 0.6 is 0 Å². The molecule has 0 spiro atoms. The van der Waals surface area contributed by atoms with E-state index in [1.54, 1.807) is 5.01 Å². The minimum atomic E-state index is 0.777. The van der Waals surface area contributed by atoms with Crippen LogP contribution in [0.25, 0.3) is 5.70 Å². The Morgan fingerprint density at radius 3 is 2.57 bits per heavy atom. The number of nitrogens with two attached hydrogens (primary N) is 2. The summed E-state index contributed by atoms with van der Waals surface area (Å²) in [6, 6.07) is 6.21. The zero-order chi connectivity index (χ0) is 15.8. The van der Waals surface area contributed by atoms with Gasteiger partial charge in [0.1, 0.15) is 0 Å². The highest BCUT2D eigenvalue weighted by Gasteiger charge is 2.08. The molecule has 0 aromatic heterocycles. The van der Waals surface area contributed by atoms with Crippen LogP contribution in [0.1, 0.15) is 31.9 Å². The first-order chi connectivity index (χ1) is 10.0. The standard InChI is InChI=1S/C17H26N4/c1-5-11-21(19)15-8-9-16(14(6-2)12-15)17(20-4)10-7-13(3)18/h5,7-12,20H,6,18-19H2,1-4H3/b11-5-,13-7-,17-10-. The number of aryl methyl sites for hydroxylation is 1. The first-order valence-corrected chi connectivity index (χ1v) is 7.15. The zero-order valence-electron chi connectivity index (χ0n) is 13.4. The van der Waals surface area contributed by atoms with Gasteiger partial charge in [-0.3, -0.25) is 5.01 Å². The van der Waals surface area contributed by atoms with Gasteiger partial charge >= 0.3 is 0 Å². The van der Waals surface area contributed by atoms with E-state index in [-0.39, 0.29) is 0 Å². The van der Waals surface area contributed by atoms with Gasteiger partial charge in [0.2, 0.25) is 0 Å². The summed E-state index contributed by atoms with van der Waals surface area (Å²) < 4.78 is 0.